The van der Waals surface area contributed by atoms with E-state index in [0.29, 0.717) is 22.8 Å². The van der Waals surface area contributed by atoms with E-state index in [1.165, 1.54) is 28.8 Å². The zero-order valence-corrected chi connectivity index (χ0v) is 24.9. The lowest BCUT2D eigenvalue weighted by Gasteiger charge is -2.24. The molecule has 3 aromatic carbocycles. The molecule has 1 N–H and O–H groups in total. The molecule has 44 heavy (non-hydrogen) atoms. The highest BCUT2D eigenvalue weighted by Gasteiger charge is 2.38. The van der Waals surface area contributed by atoms with Crippen molar-refractivity contribution in [1.82, 2.24) is 20.1 Å². The van der Waals surface area contributed by atoms with Crippen molar-refractivity contribution in [1.29, 1.82) is 0 Å². The molecule has 0 saturated heterocycles. The fourth-order valence-electron chi connectivity index (χ4n) is 5.40. The molecule has 0 radical (unpaired) electrons. The van der Waals surface area contributed by atoms with E-state index in [1.54, 1.807) is 23.1 Å². The number of amides is 2. The van der Waals surface area contributed by atoms with E-state index in [9.17, 15) is 14.0 Å². The molecule has 0 bridgehead atoms. The molecule has 5 aromatic rings. The molecule has 0 aliphatic carbocycles. The molecule has 0 spiro atoms. The molecule has 6 rings (SSSR count). The zero-order valence-electron chi connectivity index (χ0n) is 24.1. The summed E-state index contributed by atoms with van der Waals surface area (Å²) < 4.78 is 31.2. The van der Waals surface area contributed by atoms with Gasteiger partial charge in [-0.05, 0) is 43.2 Å². The maximum atomic E-state index is 15.5. The van der Waals surface area contributed by atoms with Crippen LogP contribution < -0.4 is 10.2 Å². The number of hydrogen-bond donors (Lipinski definition) is 1. The first-order chi connectivity index (χ1) is 21.3. The first kappa shape index (κ1) is 29.3. The van der Waals surface area contributed by atoms with Crippen molar-refractivity contribution >= 4 is 29.4 Å². The van der Waals surface area contributed by atoms with Crippen LogP contribution in [0, 0.1) is 25.5 Å². The smallest absolute Gasteiger partial charge is 0.240 e. The first-order valence-corrected chi connectivity index (χ1v) is 15.1. The molecule has 2 aromatic heterocycles. The number of pyridine rings is 1. The molecule has 3 heterocycles. The minimum atomic E-state index is -0.721. The molecule has 1 atom stereocenters. The second kappa shape index (κ2) is 12.4. The molecular weight excluding hydrogens is 580 g/mol. The Morgan fingerprint density at radius 3 is 2.57 bits per heavy atom. The van der Waals surface area contributed by atoms with Gasteiger partial charge in [0.1, 0.15) is 24.0 Å². The maximum absolute atomic E-state index is 15.5. The van der Waals surface area contributed by atoms with Crippen molar-refractivity contribution in [2.75, 3.05) is 17.2 Å². The molecule has 1 unspecified atom stereocenters. The van der Waals surface area contributed by atoms with E-state index >= 15 is 4.39 Å². The molecule has 1 aliphatic rings. The largest absolute Gasteiger partial charge is 0.350 e. The summed E-state index contributed by atoms with van der Waals surface area (Å²) in [6.45, 7) is 3.90. The topological polar surface area (TPSA) is 80.1 Å². The van der Waals surface area contributed by atoms with Gasteiger partial charge in [0.05, 0.1) is 22.4 Å². The Labute approximate surface area is 257 Å². The van der Waals surface area contributed by atoms with Crippen molar-refractivity contribution in [2.45, 2.75) is 25.6 Å². The molecule has 1 aliphatic heterocycles. The number of nitrogens with one attached hydrogen (secondary N) is 1. The maximum Gasteiger partial charge on any atom is 0.240 e. The number of benzene rings is 3. The normalized spacial score (nSPS) is 14.7. The van der Waals surface area contributed by atoms with Gasteiger partial charge >= 0.3 is 0 Å². The van der Waals surface area contributed by atoms with Crippen molar-refractivity contribution in [3.63, 3.8) is 0 Å². The highest BCUT2D eigenvalue weighted by atomic mass is 32.2. The standard InChI is InChI=1S/C34H29F2N5O2S/c1-21-10-13-28(22(2)15-21)41-34-31(32(39-41)24-8-4-3-5-9-24)33(26-12-11-25(35)16-27(26)36)44-20-30(43)40(34)19-29(42)38-18-23-7-6-14-37-17-23/h3-17,33H,18-20H2,1-2H3,(H,38,42). The van der Waals surface area contributed by atoms with Gasteiger partial charge in [-0.3, -0.25) is 19.5 Å². The summed E-state index contributed by atoms with van der Waals surface area (Å²) in [5, 5.41) is 7.21. The Morgan fingerprint density at radius 2 is 1.84 bits per heavy atom. The Kier molecular flexibility index (Phi) is 8.25. The van der Waals surface area contributed by atoms with Gasteiger partial charge in [-0.2, -0.15) is 5.10 Å². The Bertz CT molecular complexity index is 1850. The summed E-state index contributed by atoms with van der Waals surface area (Å²) in [6, 6.07) is 22.4. The minimum Gasteiger partial charge on any atom is -0.350 e. The summed E-state index contributed by atoms with van der Waals surface area (Å²) in [5.41, 5.74) is 5.59. The summed E-state index contributed by atoms with van der Waals surface area (Å²) >= 11 is 1.23. The second-order valence-corrected chi connectivity index (χ2v) is 11.7. The van der Waals surface area contributed by atoms with Gasteiger partial charge in [0.2, 0.25) is 11.8 Å². The van der Waals surface area contributed by atoms with Crippen LogP contribution in [0.5, 0.6) is 0 Å². The summed E-state index contributed by atoms with van der Waals surface area (Å²) in [4.78, 5) is 32.8. The fourth-order valence-corrected chi connectivity index (χ4v) is 6.62. The van der Waals surface area contributed by atoms with Gasteiger partial charge < -0.3 is 5.32 Å². The quantitative estimate of drug-likeness (QED) is 0.234. The number of rotatable bonds is 7. The zero-order chi connectivity index (χ0) is 30.8. The number of nitrogens with zero attached hydrogens (tertiary/aromatic N) is 4. The number of halogens is 2. The molecule has 10 heteroatoms. The molecule has 222 valence electrons. The number of anilines is 1. The monoisotopic (exact) mass is 609 g/mol. The van der Waals surface area contributed by atoms with Gasteiger partial charge in [0, 0.05) is 41.7 Å². The van der Waals surface area contributed by atoms with Gasteiger partial charge in [0.25, 0.3) is 0 Å². The van der Waals surface area contributed by atoms with Crippen LogP contribution in [0.3, 0.4) is 0 Å². The highest BCUT2D eigenvalue weighted by Crippen LogP contribution is 2.49. The summed E-state index contributed by atoms with van der Waals surface area (Å²) in [5.74, 6) is -1.78. The van der Waals surface area contributed by atoms with E-state index in [1.807, 2.05) is 68.4 Å². The van der Waals surface area contributed by atoms with Crippen molar-refractivity contribution < 1.29 is 18.4 Å². The Balaban J connectivity index is 1.55. The van der Waals surface area contributed by atoms with Crippen LogP contribution in [0.2, 0.25) is 0 Å². The Hall–Kier alpha value is -4.83. The third kappa shape index (κ3) is 5.85. The number of fused-ring (bicyclic) bond motifs is 1. The predicted molar refractivity (Wildman–Crippen MR) is 168 cm³/mol. The molecule has 0 fully saturated rings. The van der Waals surface area contributed by atoms with E-state index in [4.69, 9.17) is 5.10 Å². The van der Waals surface area contributed by atoms with E-state index < -0.39 is 16.9 Å². The van der Waals surface area contributed by atoms with Gasteiger partial charge in [-0.1, -0.05) is 60.2 Å². The Morgan fingerprint density at radius 1 is 1.02 bits per heavy atom. The van der Waals surface area contributed by atoms with E-state index in [0.717, 1.165) is 28.3 Å². The first-order valence-electron chi connectivity index (χ1n) is 14.1. The SMILES string of the molecule is Cc1ccc(-n2nc(-c3ccccc3)c3c2N(CC(=O)NCc2cccnc2)C(=O)CSC3c2ccc(F)cc2F)c(C)c1. The van der Waals surface area contributed by atoms with Gasteiger partial charge in [0.15, 0.2) is 0 Å². The van der Waals surface area contributed by atoms with Crippen LogP contribution in [0.1, 0.15) is 33.1 Å². The van der Waals surface area contributed by atoms with Crippen molar-refractivity contribution in [2.24, 2.45) is 0 Å². The lowest BCUT2D eigenvalue weighted by molar-refractivity contribution is -0.123. The third-order valence-corrected chi connectivity index (χ3v) is 8.71. The van der Waals surface area contributed by atoms with Crippen LogP contribution in [-0.2, 0) is 16.1 Å². The van der Waals surface area contributed by atoms with Gasteiger partial charge in [-0.25, -0.2) is 13.5 Å². The van der Waals surface area contributed by atoms with Crippen molar-refractivity contribution in [3.8, 4) is 16.9 Å². The molecule has 0 saturated carbocycles. The van der Waals surface area contributed by atoms with Crippen LogP contribution in [0.25, 0.3) is 16.9 Å². The number of aromatic nitrogens is 3. The summed E-state index contributed by atoms with van der Waals surface area (Å²) in [6.07, 6.45) is 3.31. The molecule has 2 amide bonds. The van der Waals surface area contributed by atoms with Crippen LogP contribution in [-0.4, -0.2) is 38.9 Å². The van der Waals surface area contributed by atoms with Crippen LogP contribution in [0.15, 0.2) is 91.3 Å². The third-order valence-electron chi connectivity index (χ3n) is 7.48. The van der Waals surface area contributed by atoms with E-state index in [-0.39, 0.29) is 36.2 Å². The van der Waals surface area contributed by atoms with Crippen LogP contribution >= 0.6 is 11.8 Å². The van der Waals surface area contributed by atoms with Crippen LogP contribution in [0.4, 0.5) is 14.6 Å². The van der Waals surface area contributed by atoms with Gasteiger partial charge in [-0.15, -0.1) is 11.8 Å². The number of hydrogen-bond acceptors (Lipinski definition) is 5. The number of carbonyl (C=O) groups is 2. The molecular formula is C34H29F2N5O2S. The van der Waals surface area contributed by atoms with E-state index in [2.05, 4.69) is 10.3 Å². The number of thioether (sulfide) groups is 1. The second-order valence-electron chi connectivity index (χ2n) is 10.6. The lowest BCUT2D eigenvalue weighted by atomic mass is 9.99. The molecule has 7 nitrogen and oxygen atoms in total. The fraction of sp³-hybridized carbons (Fsp3) is 0.176. The minimum absolute atomic E-state index is 0.0346. The number of aryl methyl sites for hydroxylation is 2. The summed E-state index contributed by atoms with van der Waals surface area (Å²) in [7, 11) is 0. The lowest BCUT2D eigenvalue weighted by Crippen LogP contribution is -2.42. The van der Waals surface area contributed by atoms with Crippen molar-refractivity contribution in [3.05, 3.63) is 131 Å². The predicted octanol–water partition coefficient (Wildman–Crippen LogP) is 6.31. The average Bonchev–Trinajstić information content (AvgIpc) is 3.34. The number of carbonyl (C=O) groups excluding carboxylic acids is 2. The average molecular weight is 610 g/mol. The highest BCUT2D eigenvalue weighted by molar-refractivity contribution is 8.00.